The molecule has 0 amide bonds. The maximum Gasteiger partial charge on any atom is 0.315 e. The van der Waals surface area contributed by atoms with Crippen molar-refractivity contribution in [3.8, 4) is 0 Å². The van der Waals surface area contributed by atoms with Crippen LogP contribution >= 0.6 is 11.8 Å². The lowest BCUT2D eigenvalue weighted by molar-refractivity contribution is -0.188. The number of esters is 1. The molecular weight excluding hydrogens is 192 g/mol. The maximum atomic E-state index is 11.4. The monoisotopic (exact) mass is 204 g/mol. The molecule has 74 valence electrons. The van der Waals surface area contributed by atoms with Gasteiger partial charge in [-0.2, -0.15) is 11.8 Å². The first-order chi connectivity index (χ1) is 6.28. The average molecular weight is 204 g/mol. The second kappa shape index (κ2) is 3.48. The molecule has 0 bridgehead atoms. The van der Waals surface area contributed by atoms with E-state index in [1.54, 1.807) is 11.8 Å². The van der Waals surface area contributed by atoms with Crippen LogP contribution in [0.15, 0.2) is 0 Å². The molecule has 2 aliphatic heterocycles. The van der Waals surface area contributed by atoms with Gasteiger partial charge in [0.2, 0.25) is 0 Å². The number of methoxy groups -OCH3 is 1. The standard InChI is InChI=1S/C8H12O4S/c1-10-7(9)6-4-13-5-8(6)11-2-3-12-8/h6H,2-5H2,1H3. The quantitative estimate of drug-likeness (QED) is 0.573. The smallest absolute Gasteiger partial charge is 0.315 e. The van der Waals surface area contributed by atoms with Gasteiger partial charge in [0, 0.05) is 11.5 Å². The molecular formula is C8H12O4S. The van der Waals surface area contributed by atoms with E-state index >= 15 is 0 Å². The molecule has 2 saturated heterocycles. The zero-order chi connectivity index (χ0) is 9.31. The van der Waals surface area contributed by atoms with Crippen LogP contribution in [-0.4, -0.2) is 43.6 Å². The Morgan fingerprint density at radius 1 is 1.54 bits per heavy atom. The van der Waals surface area contributed by atoms with E-state index < -0.39 is 5.79 Å². The predicted octanol–water partition coefficient (Wildman–Crippen LogP) is 0.265. The molecule has 2 aliphatic rings. The molecule has 1 atom stereocenters. The topological polar surface area (TPSA) is 44.8 Å². The number of carbonyl (C=O) groups excluding carboxylic acids is 1. The lowest BCUT2D eigenvalue weighted by Crippen LogP contribution is -2.43. The highest BCUT2D eigenvalue weighted by Crippen LogP contribution is 2.40. The Hall–Kier alpha value is -0.260. The zero-order valence-electron chi connectivity index (χ0n) is 7.45. The van der Waals surface area contributed by atoms with Gasteiger partial charge in [-0.3, -0.25) is 4.79 Å². The molecule has 13 heavy (non-hydrogen) atoms. The van der Waals surface area contributed by atoms with Crippen molar-refractivity contribution in [3.63, 3.8) is 0 Å². The number of thioether (sulfide) groups is 1. The molecule has 2 heterocycles. The second-order valence-corrected chi connectivity index (χ2v) is 4.13. The SMILES string of the molecule is COC(=O)C1CSCC12OCCO2. The average Bonchev–Trinajstić information content (AvgIpc) is 2.76. The largest absolute Gasteiger partial charge is 0.469 e. The lowest BCUT2D eigenvalue weighted by atomic mass is 10.0. The number of hydrogen-bond donors (Lipinski definition) is 0. The Morgan fingerprint density at radius 2 is 2.23 bits per heavy atom. The first-order valence-corrected chi connectivity index (χ1v) is 5.37. The minimum absolute atomic E-state index is 0.230. The van der Waals surface area contributed by atoms with Crippen LogP contribution in [0.3, 0.4) is 0 Å². The zero-order valence-corrected chi connectivity index (χ0v) is 8.26. The van der Waals surface area contributed by atoms with Crippen LogP contribution in [0.1, 0.15) is 0 Å². The molecule has 2 fully saturated rings. The third-order valence-electron chi connectivity index (χ3n) is 2.38. The van der Waals surface area contributed by atoms with Crippen molar-refractivity contribution in [2.45, 2.75) is 5.79 Å². The molecule has 0 aromatic heterocycles. The fourth-order valence-corrected chi connectivity index (χ4v) is 3.09. The molecule has 2 rings (SSSR count). The van der Waals surface area contributed by atoms with Crippen molar-refractivity contribution in [1.82, 2.24) is 0 Å². The third kappa shape index (κ3) is 1.45. The normalized spacial score (nSPS) is 31.0. The molecule has 0 aliphatic carbocycles. The number of ether oxygens (including phenoxy) is 3. The highest BCUT2D eigenvalue weighted by Gasteiger charge is 2.52. The minimum Gasteiger partial charge on any atom is -0.469 e. The van der Waals surface area contributed by atoms with Gasteiger partial charge in [-0.05, 0) is 0 Å². The Labute approximate surface area is 80.9 Å². The summed E-state index contributed by atoms with van der Waals surface area (Å²) >= 11 is 1.67. The summed E-state index contributed by atoms with van der Waals surface area (Å²) in [5.41, 5.74) is 0. The van der Waals surface area contributed by atoms with Gasteiger partial charge in [-0.25, -0.2) is 0 Å². The first kappa shape index (κ1) is 9.30. The third-order valence-corrected chi connectivity index (χ3v) is 3.56. The van der Waals surface area contributed by atoms with Crippen LogP contribution in [0.4, 0.5) is 0 Å². The fourth-order valence-electron chi connectivity index (χ4n) is 1.69. The molecule has 1 unspecified atom stereocenters. The van der Waals surface area contributed by atoms with Crippen LogP contribution in [0.2, 0.25) is 0 Å². The van der Waals surface area contributed by atoms with Crippen LogP contribution in [-0.2, 0) is 19.0 Å². The molecule has 4 nitrogen and oxygen atoms in total. The van der Waals surface area contributed by atoms with Gasteiger partial charge >= 0.3 is 5.97 Å². The summed E-state index contributed by atoms with van der Waals surface area (Å²) in [5.74, 6) is 0.286. The first-order valence-electron chi connectivity index (χ1n) is 4.22. The molecule has 0 aromatic carbocycles. The molecule has 0 radical (unpaired) electrons. The van der Waals surface area contributed by atoms with Crippen molar-refractivity contribution >= 4 is 17.7 Å². The van der Waals surface area contributed by atoms with Gasteiger partial charge in [-0.15, -0.1) is 0 Å². The maximum absolute atomic E-state index is 11.4. The molecule has 0 saturated carbocycles. The van der Waals surface area contributed by atoms with E-state index in [1.807, 2.05) is 0 Å². The van der Waals surface area contributed by atoms with Gasteiger partial charge in [0.15, 0.2) is 5.79 Å². The van der Waals surface area contributed by atoms with E-state index in [9.17, 15) is 4.79 Å². The van der Waals surface area contributed by atoms with Gasteiger partial charge < -0.3 is 14.2 Å². The highest BCUT2D eigenvalue weighted by molar-refractivity contribution is 7.99. The Kier molecular flexibility index (Phi) is 2.49. The molecule has 0 aromatic rings. The summed E-state index contributed by atoms with van der Waals surface area (Å²) in [5, 5.41) is 0. The van der Waals surface area contributed by atoms with E-state index in [4.69, 9.17) is 14.2 Å². The van der Waals surface area contributed by atoms with E-state index in [0.717, 1.165) is 11.5 Å². The van der Waals surface area contributed by atoms with Gasteiger partial charge in [0.25, 0.3) is 0 Å². The molecule has 5 heteroatoms. The summed E-state index contributed by atoms with van der Waals surface area (Å²) in [6.45, 7) is 1.15. The summed E-state index contributed by atoms with van der Waals surface area (Å²) in [4.78, 5) is 11.4. The van der Waals surface area contributed by atoms with Crippen molar-refractivity contribution in [2.75, 3.05) is 31.8 Å². The predicted molar refractivity (Wildman–Crippen MR) is 47.5 cm³/mol. The van der Waals surface area contributed by atoms with E-state index in [2.05, 4.69) is 0 Å². The van der Waals surface area contributed by atoms with Gasteiger partial charge in [0.05, 0.1) is 20.3 Å². The van der Waals surface area contributed by atoms with Gasteiger partial charge in [-0.1, -0.05) is 0 Å². The van der Waals surface area contributed by atoms with Crippen LogP contribution in [0.5, 0.6) is 0 Å². The minimum atomic E-state index is -0.683. The Balaban J connectivity index is 2.13. The van der Waals surface area contributed by atoms with Crippen molar-refractivity contribution in [3.05, 3.63) is 0 Å². The van der Waals surface area contributed by atoms with Crippen molar-refractivity contribution in [2.24, 2.45) is 5.92 Å². The summed E-state index contributed by atoms with van der Waals surface area (Å²) < 4.78 is 15.7. The van der Waals surface area contributed by atoms with Crippen molar-refractivity contribution < 1.29 is 19.0 Å². The lowest BCUT2D eigenvalue weighted by Gasteiger charge is -2.26. The summed E-state index contributed by atoms with van der Waals surface area (Å²) in [7, 11) is 1.40. The highest BCUT2D eigenvalue weighted by atomic mass is 32.2. The van der Waals surface area contributed by atoms with Crippen molar-refractivity contribution in [1.29, 1.82) is 0 Å². The van der Waals surface area contributed by atoms with E-state index in [-0.39, 0.29) is 11.9 Å². The number of hydrogen-bond acceptors (Lipinski definition) is 5. The number of carbonyl (C=O) groups is 1. The van der Waals surface area contributed by atoms with E-state index in [0.29, 0.717) is 13.2 Å². The molecule has 0 N–H and O–H groups in total. The van der Waals surface area contributed by atoms with Crippen LogP contribution in [0, 0.1) is 5.92 Å². The van der Waals surface area contributed by atoms with Crippen LogP contribution < -0.4 is 0 Å². The summed E-state index contributed by atoms with van der Waals surface area (Å²) in [6.07, 6.45) is 0. The van der Waals surface area contributed by atoms with E-state index in [1.165, 1.54) is 7.11 Å². The van der Waals surface area contributed by atoms with Crippen LogP contribution in [0.25, 0.3) is 0 Å². The molecule has 1 spiro atoms. The number of rotatable bonds is 1. The Bertz CT molecular complexity index is 207. The van der Waals surface area contributed by atoms with Gasteiger partial charge in [0.1, 0.15) is 5.92 Å². The second-order valence-electron chi connectivity index (χ2n) is 3.10. The summed E-state index contributed by atoms with van der Waals surface area (Å²) in [6, 6.07) is 0. The fraction of sp³-hybridized carbons (Fsp3) is 0.875. The Morgan fingerprint density at radius 3 is 2.85 bits per heavy atom.